The van der Waals surface area contributed by atoms with Crippen LogP contribution >= 0.6 is 0 Å². The largest absolute Gasteiger partial charge is 0.387 e. The number of aromatic nitrogens is 2. The normalized spacial score (nSPS) is 38.2. The van der Waals surface area contributed by atoms with Gasteiger partial charge in [0.1, 0.15) is 23.6 Å². The number of aliphatic hydroxyl groups excluding tert-OH is 1. The number of nitrogens with two attached hydrogens (primary N) is 1. The van der Waals surface area contributed by atoms with Gasteiger partial charge in [-0.15, -0.1) is 0 Å². The molecule has 0 spiro atoms. The lowest BCUT2D eigenvalue weighted by molar-refractivity contribution is -0.175. The lowest BCUT2D eigenvalue weighted by Crippen LogP contribution is -2.40. The SMILES string of the molecule is CCC12COC(C(n3ccc(N)nc3=O)O1)C2O. The van der Waals surface area contributed by atoms with E-state index >= 15 is 0 Å². The third kappa shape index (κ3) is 1.41. The van der Waals surface area contributed by atoms with Crippen molar-refractivity contribution < 1.29 is 14.6 Å². The first-order chi connectivity index (χ1) is 8.57. The van der Waals surface area contributed by atoms with Crippen molar-refractivity contribution in [1.82, 2.24) is 9.55 Å². The Labute approximate surface area is 103 Å². The number of hydrogen-bond acceptors (Lipinski definition) is 6. The highest BCUT2D eigenvalue weighted by atomic mass is 16.6. The number of hydrogen-bond donors (Lipinski definition) is 2. The van der Waals surface area contributed by atoms with Crippen molar-refractivity contribution >= 4 is 5.82 Å². The highest BCUT2D eigenvalue weighted by Crippen LogP contribution is 2.46. The average molecular weight is 253 g/mol. The van der Waals surface area contributed by atoms with Crippen molar-refractivity contribution in [1.29, 1.82) is 0 Å². The van der Waals surface area contributed by atoms with Crippen molar-refractivity contribution in [2.45, 2.75) is 37.4 Å². The number of nitrogens with zero attached hydrogens (tertiary/aromatic N) is 2. The van der Waals surface area contributed by atoms with Gasteiger partial charge in [-0.05, 0) is 12.5 Å². The van der Waals surface area contributed by atoms with Crippen LogP contribution < -0.4 is 11.4 Å². The molecule has 7 nitrogen and oxygen atoms in total. The smallest absolute Gasteiger partial charge is 0.351 e. The van der Waals surface area contributed by atoms with Gasteiger partial charge in [-0.25, -0.2) is 4.79 Å². The van der Waals surface area contributed by atoms with Gasteiger partial charge in [-0.3, -0.25) is 4.57 Å². The second-order valence-corrected chi connectivity index (χ2v) is 4.69. The Morgan fingerprint density at radius 3 is 3.11 bits per heavy atom. The minimum Gasteiger partial charge on any atom is -0.387 e. The summed E-state index contributed by atoms with van der Waals surface area (Å²) in [5, 5.41) is 10.1. The molecule has 2 aliphatic rings. The van der Waals surface area contributed by atoms with Crippen LogP contribution in [0.15, 0.2) is 17.1 Å². The molecular weight excluding hydrogens is 238 g/mol. The van der Waals surface area contributed by atoms with Gasteiger partial charge in [0.15, 0.2) is 6.23 Å². The zero-order valence-electron chi connectivity index (χ0n) is 9.94. The van der Waals surface area contributed by atoms with Crippen molar-refractivity contribution in [3.05, 3.63) is 22.7 Å². The summed E-state index contributed by atoms with van der Waals surface area (Å²) in [6.07, 6.45) is 0.229. The number of aliphatic hydroxyl groups is 1. The lowest BCUT2D eigenvalue weighted by atomic mass is 9.96. The molecule has 0 saturated carbocycles. The van der Waals surface area contributed by atoms with Crippen molar-refractivity contribution in [2.75, 3.05) is 12.3 Å². The van der Waals surface area contributed by atoms with Gasteiger partial charge in [0.05, 0.1) is 6.61 Å². The summed E-state index contributed by atoms with van der Waals surface area (Å²) in [5.41, 5.74) is 4.22. The van der Waals surface area contributed by atoms with E-state index in [1.165, 1.54) is 16.8 Å². The molecule has 2 aliphatic heterocycles. The van der Waals surface area contributed by atoms with Crippen LogP contribution in [0.1, 0.15) is 19.6 Å². The molecule has 7 heteroatoms. The first-order valence-electron chi connectivity index (χ1n) is 5.89. The Kier molecular flexibility index (Phi) is 2.44. The molecule has 3 N–H and O–H groups in total. The fraction of sp³-hybridized carbons (Fsp3) is 0.636. The van der Waals surface area contributed by atoms with Gasteiger partial charge in [0.2, 0.25) is 0 Å². The van der Waals surface area contributed by atoms with E-state index in [2.05, 4.69) is 4.98 Å². The predicted octanol–water partition coefficient (Wildman–Crippen LogP) is -0.737. The van der Waals surface area contributed by atoms with Crippen LogP contribution in [0.5, 0.6) is 0 Å². The third-order valence-electron chi connectivity index (χ3n) is 3.73. The molecule has 1 aromatic heterocycles. The summed E-state index contributed by atoms with van der Waals surface area (Å²) < 4.78 is 12.6. The molecule has 0 amide bonds. The zero-order valence-corrected chi connectivity index (χ0v) is 9.94. The molecule has 3 heterocycles. The van der Waals surface area contributed by atoms with Crippen LogP contribution in [0.3, 0.4) is 0 Å². The van der Waals surface area contributed by atoms with Gasteiger partial charge in [0, 0.05) is 6.20 Å². The maximum atomic E-state index is 11.8. The predicted molar refractivity (Wildman–Crippen MR) is 61.8 cm³/mol. The Morgan fingerprint density at radius 1 is 1.72 bits per heavy atom. The molecule has 0 aromatic carbocycles. The van der Waals surface area contributed by atoms with Crippen molar-refractivity contribution in [3.8, 4) is 0 Å². The van der Waals surface area contributed by atoms with E-state index in [1.54, 1.807) is 0 Å². The Bertz CT molecular complexity index is 531. The monoisotopic (exact) mass is 253 g/mol. The third-order valence-corrected chi connectivity index (χ3v) is 3.73. The number of nitrogen functional groups attached to an aromatic ring is 1. The van der Waals surface area contributed by atoms with Gasteiger partial charge < -0.3 is 20.3 Å². The molecule has 4 unspecified atom stereocenters. The maximum absolute atomic E-state index is 11.8. The van der Waals surface area contributed by atoms with E-state index in [9.17, 15) is 9.90 Å². The molecule has 2 fully saturated rings. The van der Waals surface area contributed by atoms with Crippen LogP contribution in [0.2, 0.25) is 0 Å². The number of ether oxygens (including phenoxy) is 2. The topological polar surface area (TPSA) is 99.6 Å². The number of rotatable bonds is 2. The van der Waals surface area contributed by atoms with Crippen LogP contribution in [0.25, 0.3) is 0 Å². The van der Waals surface area contributed by atoms with Crippen molar-refractivity contribution in [2.24, 2.45) is 0 Å². The summed E-state index contributed by atoms with van der Waals surface area (Å²) in [6.45, 7) is 2.27. The fourth-order valence-corrected chi connectivity index (χ4v) is 2.59. The molecule has 2 saturated heterocycles. The molecule has 0 radical (unpaired) electrons. The van der Waals surface area contributed by atoms with E-state index in [-0.39, 0.29) is 5.82 Å². The maximum Gasteiger partial charge on any atom is 0.351 e. The summed E-state index contributed by atoms with van der Waals surface area (Å²) in [6, 6.07) is 1.52. The van der Waals surface area contributed by atoms with E-state index in [0.717, 1.165) is 0 Å². The average Bonchev–Trinajstić information content (AvgIpc) is 2.81. The number of fused-ring (bicyclic) bond motifs is 2. The van der Waals surface area contributed by atoms with Crippen LogP contribution in [-0.4, -0.2) is 39.1 Å². The fourth-order valence-electron chi connectivity index (χ4n) is 2.59. The van der Waals surface area contributed by atoms with Gasteiger partial charge in [-0.2, -0.15) is 4.98 Å². The molecule has 3 rings (SSSR count). The highest BCUT2D eigenvalue weighted by molar-refractivity contribution is 5.24. The molecule has 98 valence electrons. The quantitative estimate of drug-likeness (QED) is 0.720. The first-order valence-corrected chi connectivity index (χ1v) is 5.89. The summed E-state index contributed by atoms with van der Waals surface area (Å²) in [4.78, 5) is 15.4. The van der Waals surface area contributed by atoms with Crippen molar-refractivity contribution in [3.63, 3.8) is 0 Å². The van der Waals surface area contributed by atoms with Gasteiger partial charge in [0.25, 0.3) is 0 Å². The molecule has 2 bridgehead atoms. The van der Waals surface area contributed by atoms with Crippen LogP contribution in [0.4, 0.5) is 5.82 Å². The van der Waals surface area contributed by atoms with E-state index in [4.69, 9.17) is 15.2 Å². The molecule has 0 aliphatic carbocycles. The Hall–Kier alpha value is -1.44. The number of anilines is 1. The Morgan fingerprint density at radius 2 is 2.50 bits per heavy atom. The summed E-state index contributed by atoms with van der Waals surface area (Å²) in [5.74, 6) is 0.158. The minimum absolute atomic E-state index is 0.158. The summed E-state index contributed by atoms with van der Waals surface area (Å²) in [7, 11) is 0. The second-order valence-electron chi connectivity index (χ2n) is 4.69. The minimum atomic E-state index is -0.725. The second kappa shape index (κ2) is 3.78. The van der Waals surface area contributed by atoms with E-state index < -0.39 is 29.7 Å². The first kappa shape index (κ1) is 11.6. The highest BCUT2D eigenvalue weighted by Gasteiger charge is 2.60. The molecular formula is C11H15N3O4. The molecule has 1 aromatic rings. The molecule has 18 heavy (non-hydrogen) atoms. The van der Waals surface area contributed by atoms with Gasteiger partial charge >= 0.3 is 5.69 Å². The standard InChI is InChI=1S/C11H15N3O4/c1-2-11-5-17-7(8(11)15)9(18-11)14-4-3-6(12)13-10(14)16/h3-4,7-9,15H,2,5H2,1H3,(H2,12,13,16). The zero-order chi connectivity index (χ0) is 12.9. The van der Waals surface area contributed by atoms with Gasteiger partial charge in [-0.1, -0.05) is 6.92 Å². The van der Waals surface area contributed by atoms with Crippen LogP contribution in [-0.2, 0) is 9.47 Å². The molecule has 4 atom stereocenters. The summed E-state index contributed by atoms with van der Waals surface area (Å²) >= 11 is 0. The Balaban J connectivity index is 1.98. The van der Waals surface area contributed by atoms with E-state index in [0.29, 0.717) is 13.0 Å². The van der Waals surface area contributed by atoms with E-state index in [1.807, 2.05) is 6.92 Å². The van der Waals surface area contributed by atoms with Crippen LogP contribution in [0, 0.1) is 0 Å². The lowest BCUT2D eigenvalue weighted by Gasteiger charge is -2.30.